The van der Waals surface area contributed by atoms with Crippen molar-refractivity contribution < 1.29 is 0 Å². The van der Waals surface area contributed by atoms with Crippen molar-refractivity contribution in [3.05, 3.63) is 34.3 Å². The van der Waals surface area contributed by atoms with Crippen molar-refractivity contribution in [2.45, 2.75) is 12.2 Å². The molecule has 1 unspecified atom stereocenters. The molecule has 0 bridgehead atoms. The molecule has 0 fully saturated rings. The fraction of sp³-hybridized carbons (Fsp3) is 0.364. The number of amidine groups is 1. The lowest BCUT2D eigenvalue weighted by atomic mass is 10.0. The van der Waals surface area contributed by atoms with Crippen LogP contribution in [0.2, 0.25) is 5.02 Å². The molecule has 1 aliphatic rings. The van der Waals surface area contributed by atoms with Gasteiger partial charge in [-0.15, -0.1) is 0 Å². The SMILES string of the molecule is Cc1c(Cl)cccc1C(S)C1=NCCN1. The lowest BCUT2D eigenvalue weighted by molar-refractivity contribution is 0.951. The predicted octanol–water partition coefficient (Wildman–Crippen LogP) is 2.62. The van der Waals surface area contributed by atoms with Gasteiger partial charge in [0.05, 0.1) is 11.8 Å². The third kappa shape index (κ3) is 2.13. The Morgan fingerprint density at radius 3 is 3.00 bits per heavy atom. The lowest BCUT2D eigenvalue weighted by Gasteiger charge is -2.15. The second kappa shape index (κ2) is 4.45. The van der Waals surface area contributed by atoms with Gasteiger partial charge in [0, 0.05) is 11.6 Å². The fourth-order valence-corrected chi connectivity index (χ4v) is 2.30. The van der Waals surface area contributed by atoms with E-state index in [1.54, 1.807) is 0 Å². The molecular weight excluding hydrogens is 228 g/mol. The monoisotopic (exact) mass is 240 g/mol. The van der Waals surface area contributed by atoms with E-state index in [4.69, 9.17) is 11.6 Å². The standard InChI is InChI=1S/C11H13ClN2S/c1-7-8(3-2-4-9(7)12)10(15)11-13-5-6-14-11/h2-4,10,15H,5-6H2,1H3,(H,13,14). The first-order valence-electron chi connectivity index (χ1n) is 4.91. The molecule has 1 aliphatic heterocycles. The summed E-state index contributed by atoms with van der Waals surface area (Å²) >= 11 is 10.7. The van der Waals surface area contributed by atoms with Crippen LogP contribution < -0.4 is 5.32 Å². The van der Waals surface area contributed by atoms with E-state index in [0.29, 0.717) is 0 Å². The van der Waals surface area contributed by atoms with E-state index in [9.17, 15) is 0 Å². The quantitative estimate of drug-likeness (QED) is 0.764. The second-order valence-corrected chi connectivity index (χ2v) is 4.47. The van der Waals surface area contributed by atoms with Crippen molar-refractivity contribution >= 4 is 30.1 Å². The summed E-state index contributed by atoms with van der Waals surface area (Å²) in [5.41, 5.74) is 2.20. The van der Waals surface area contributed by atoms with Crippen LogP contribution in [0.15, 0.2) is 23.2 Å². The summed E-state index contributed by atoms with van der Waals surface area (Å²) in [4.78, 5) is 4.37. The smallest absolute Gasteiger partial charge is 0.114 e. The minimum absolute atomic E-state index is 0.00574. The van der Waals surface area contributed by atoms with Gasteiger partial charge in [0.2, 0.25) is 0 Å². The van der Waals surface area contributed by atoms with E-state index in [1.807, 2.05) is 25.1 Å². The lowest BCUT2D eigenvalue weighted by Crippen LogP contribution is -2.23. The maximum Gasteiger partial charge on any atom is 0.114 e. The van der Waals surface area contributed by atoms with Gasteiger partial charge in [-0.1, -0.05) is 23.7 Å². The van der Waals surface area contributed by atoms with Crippen molar-refractivity contribution in [3.8, 4) is 0 Å². The van der Waals surface area contributed by atoms with Crippen LogP contribution in [0.5, 0.6) is 0 Å². The minimum atomic E-state index is 0.00574. The first kappa shape index (κ1) is 10.8. The van der Waals surface area contributed by atoms with Crippen molar-refractivity contribution in [3.63, 3.8) is 0 Å². The van der Waals surface area contributed by atoms with Crippen LogP contribution in [0.4, 0.5) is 0 Å². The summed E-state index contributed by atoms with van der Waals surface area (Å²) in [5, 5.41) is 4.02. The van der Waals surface area contributed by atoms with Gasteiger partial charge in [0.1, 0.15) is 5.84 Å². The third-order valence-electron chi connectivity index (χ3n) is 2.56. The number of thiol groups is 1. The van der Waals surface area contributed by atoms with Crippen molar-refractivity contribution in [2.75, 3.05) is 13.1 Å². The highest BCUT2D eigenvalue weighted by molar-refractivity contribution is 7.81. The Morgan fingerprint density at radius 1 is 1.53 bits per heavy atom. The Balaban J connectivity index is 2.32. The average molecular weight is 241 g/mol. The molecule has 1 aromatic carbocycles. The van der Waals surface area contributed by atoms with E-state index < -0.39 is 0 Å². The highest BCUT2D eigenvalue weighted by atomic mass is 35.5. The van der Waals surface area contributed by atoms with Crippen LogP contribution in [-0.2, 0) is 0 Å². The molecule has 0 saturated heterocycles. The number of nitrogens with zero attached hydrogens (tertiary/aromatic N) is 1. The third-order valence-corrected chi connectivity index (χ3v) is 3.50. The Bertz CT molecular complexity index is 404. The molecule has 1 aromatic rings. The highest BCUT2D eigenvalue weighted by Gasteiger charge is 2.18. The van der Waals surface area contributed by atoms with Gasteiger partial charge in [-0.05, 0) is 24.1 Å². The van der Waals surface area contributed by atoms with E-state index in [-0.39, 0.29) is 5.25 Å². The predicted molar refractivity (Wildman–Crippen MR) is 68.2 cm³/mol. The Hall–Kier alpha value is -0.670. The van der Waals surface area contributed by atoms with E-state index >= 15 is 0 Å². The number of rotatable bonds is 2. The molecule has 1 N–H and O–H groups in total. The van der Waals surface area contributed by atoms with Gasteiger partial charge >= 0.3 is 0 Å². The summed E-state index contributed by atoms with van der Waals surface area (Å²) in [6.45, 7) is 3.76. The van der Waals surface area contributed by atoms with Crippen LogP contribution in [0, 0.1) is 6.92 Å². The highest BCUT2D eigenvalue weighted by Crippen LogP contribution is 2.29. The van der Waals surface area contributed by atoms with Gasteiger partial charge < -0.3 is 5.32 Å². The van der Waals surface area contributed by atoms with Gasteiger partial charge in [0.25, 0.3) is 0 Å². The molecule has 4 heteroatoms. The number of aliphatic imine (C=N–C) groups is 1. The molecule has 80 valence electrons. The maximum absolute atomic E-state index is 6.07. The molecule has 0 radical (unpaired) electrons. The number of nitrogens with one attached hydrogen (secondary N) is 1. The molecule has 0 amide bonds. The fourth-order valence-electron chi connectivity index (χ4n) is 1.67. The van der Waals surface area contributed by atoms with E-state index in [2.05, 4.69) is 22.9 Å². The molecule has 2 nitrogen and oxygen atoms in total. The molecular formula is C11H13ClN2S. The number of halogens is 1. The summed E-state index contributed by atoms with van der Waals surface area (Å²) < 4.78 is 0. The molecule has 1 atom stereocenters. The van der Waals surface area contributed by atoms with E-state index in [0.717, 1.165) is 35.1 Å². The zero-order valence-electron chi connectivity index (χ0n) is 8.50. The molecule has 2 rings (SSSR count). The van der Waals surface area contributed by atoms with Gasteiger partial charge in [-0.2, -0.15) is 12.6 Å². The molecule has 15 heavy (non-hydrogen) atoms. The zero-order chi connectivity index (χ0) is 10.8. The largest absolute Gasteiger partial charge is 0.371 e. The Morgan fingerprint density at radius 2 is 2.33 bits per heavy atom. The van der Waals surface area contributed by atoms with E-state index in [1.165, 1.54) is 0 Å². The maximum atomic E-state index is 6.07. The second-order valence-electron chi connectivity index (χ2n) is 3.55. The van der Waals surface area contributed by atoms with Crippen LogP contribution in [-0.4, -0.2) is 18.9 Å². The summed E-state index contributed by atoms with van der Waals surface area (Å²) in [5.74, 6) is 0.948. The van der Waals surface area contributed by atoms with Crippen molar-refractivity contribution in [2.24, 2.45) is 4.99 Å². The Labute approximate surface area is 100 Å². The molecule has 0 spiro atoms. The normalized spacial score (nSPS) is 17.1. The van der Waals surface area contributed by atoms with Crippen LogP contribution >= 0.6 is 24.2 Å². The van der Waals surface area contributed by atoms with Crippen LogP contribution in [0.3, 0.4) is 0 Å². The van der Waals surface area contributed by atoms with Crippen LogP contribution in [0.25, 0.3) is 0 Å². The first-order chi connectivity index (χ1) is 7.20. The van der Waals surface area contributed by atoms with Crippen molar-refractivity contribution in [1.29, 1.82) is 0 Å². The van der Waals surface area contributed by atoms with Gasteiger partial charge in [-0.3, -0.25) is 4.99 Å². The molecule has 0 aliphatic carbocycles. The Kier molecular flexibility index (Phi) is 3.22. The number of hydrogen-bond acceptors (Lipinski definition) is 3. The molecule has 0 saturated carbocycles. The summed E-state index contributed by atoms with van der Waals surface area (Å²) in [7, 11) is 0. The van der Waals surface area contributed by atoms with Gasteiger partial charge in [0.15, 0.2) is 0 Å². The topological polar surface area (TPSA) is 24.4 Å². The number of hydrogen-bond donors (Lipinski definition) is 2. The summed E-state index contributed by atoms with van der Waals surface area (Å²) in [6, 6.07) is 5.88. The number of benzene rings is 1. The van der Waals surface area contributed by atoms with Gasteiger partial charge in [-0.25, -0.2) is 0 Å². The average Bonchev–Trinajstić information content (AvgIpc) is 2.74. The molecule has 1 heterocycles. The minimum Gasteiger partial charge on any atom is -0.371 e. The van der Waals surface area contributed by atoms with Crippen molar-refractivity contribution in [1.82, 2.24) is 5.32 Å². The van der Waals surface area contributed by atoms with Crippen LogP contribution in [0.1, 0.15) is 16.4 Å². The first-order valence-corrected chi connectivity index (χ1v) is 5.81. The summed E-state index contributed by atoms with van der Waals surface area (Å²) in [6.07, 6.45) is 0. The zero-order valence-corrected chi connectivity index (χ0v) is 10.1. The molecule has 0 aromatic heterocycles.